The van der Waals surface area contributed by atoms with Crippen LogP contribution in [0.3, 0.4) is 0 Å². The Bertz CT molecular complexity index is 791. The first-order chi connectivity index (χ1) is 12.9. The number of nitrogens with zero attached hydrogens (tertiary/aromatic N) is 5. The molecule has 1 aliphatic heterocycles. The number of ether oxygens (including phenoxy) is 1. The minimum atomic E-state index is -1.09. The summed E-state index contributed by atoms with van der Waals surface area (Å²) in [6, 6.07) is 5.76. The lowest BCUT2D eigenvalue weighted by atomic mass is 9.85. The third kappa shape index (κ3) is 4.16. The second kappa shape index (κ2) is 7.87. The summed E-state index contributed by atoms with van der Waals surface area (Å²) in [4.78, 5) is 29.3. The molecule has 144 valence electrons. The van der Waals surface area contributed by atoms with Gasteiger partial charge in [-0.2, -0.15) is 4.98 Å². The Morgan fingerprint density at radius 2 is 2.04 bits per heavy atom. The van der Waals surface area contributed by atoms with Gasteiger partial charge in [0, 0.05) is 38.1 Å². The molecule has 27 heavy (non-hydrogen) atoms. The van der Waals surface area contributed by atoms with Crippen LogP contribution in [-0.4, -0.2) is 59.4 Å². The van der Waals surface area contributed by atoms with E-state index < -0.39 is 11.4 Å². The van der Waals surface area contributed by atoms with Crippen molar-refractivity contribution in [2.75, 3.05) is 43.2 Å². The highest BCUT2D eigenvalue weighted by Crippen LogP contribution is 2.32. The van der Waals surface area contributed by atoms with Crippen LogP contribution in [-0.2, 0) is 21.5 Å². The summed E-state index contributed by atoms with van der Waals surface area (Å²) in [7, 11) is 1.90. The lowest BCUT2D eigenvalue weighted by Gasteiger charge is -2.33. The molecular formula is C19H25N5O3. The van der Waals surface area contributed by atoms with Gasteiger partial charge in [0.2, 0.25) is 5.95 Å². The van der Waals surface area contributed by atoms with Gasteiger partial charge in [-0.1, -0.05) is 6.07 Å². The first kappa shape index (κ1) is 19.0. The number of rotatable bonds is 6. The van der Waals surface area contributed by atoms with E-state index in [1.54, 1.807) is 26.2 Å². The number of hydrogen-bond acceptors (Lipinski definition) is 7. The maximum atomic E-state index is 11.8. The topological polar surface area (TPSA) is 91.7 Å². The molecule has 3 rings (SSSR count). The van der Waals surface area contributed by atoms with Gasteiger partial charge in [0.1, 0.15) is 5.82 Å². The molecular weight excluding hydrogens is 346 g/mol. The largest absolute Gasteiger partial charge is 0.481 e. The first-order valence-corrected chi connectivity index (χ1v) is 8.94. The number of hydrogen-bond donors (Lipinski definition) is 1. The maximum absolute atomic E-state index is 11.8. The van der Waals surface area contributed by atoms with E-state index in [4.69, 9.17) is 9.72 Å². The normalized spacial score (nSPS) is 14.9. The average Bonchev–Trinajstić information content (AvgIpc) is 2.68. The summed E-state index contributed by atoms with van der Waals surface area (Å²) in [6.07, 6.45) is 3.39. The Morgan fingerprint density at radius 1 is 1.30 bits per heavy atom. The average molecular weight is 371 g/mol. The highest BCUT2D eigenvalue weighted by Gasteiger charge is 2.35. The number of morpholine rings is 1. The van der Waals surface area contributed by atoms with Crippen LogP contribution in [0.15, 0.2) is 30.6 Å². The molecule has 0 aromatic carbocycles. The molecule has 3 heterocycles. The molecule has 0 atom stereocenters. The second-order valence-corrected chi connectivity index (χ2v) is 7.11. The highest BCUT2D eigenvalue weighted by molar-refractivity contribution is 5.82. The van der Waals surface area contributed by atoms with Gasteiger partial charge in [0.05, 0.1) is 30.9 Å². The van der Waals surface area contributed by atoms with E-state index in [9.17, 15) is 9.90 Å². The number of aliphatic carboxylic acids is 1. The van der Waals surface area contributed by atoms with Crippen LogP contribution in [0.25, 0.3) is 0 Å². The molecule has 0 spiro atoms. The van der Waals surface area contributed by atoms with Gasteiger partial charge in [0.15, 0.2) is 0 Å². The fourth-order valence-corrected chi connectivity index (χ4v) is 2.93. The van der Waals surface area contributed by atoms with Crippen molar-refractivity contribution in [2.45, 2.75) is 25.8 Å². The second-order valence-electron chi connectivity index (χ2n) is 7.11. The van der Waals surface area contributed by atoms with Gasteiger partial charge in [-0.25, -0.2) is 4.98 Å². The predicted molar refractivity (Wildman–Crippen MR) is 102 cm³/mol. The van der Waals surface area contributed by atoms with Gasteiger partial charge < -0.3 is 19.6 Å². The quantitative estimate of drug-likeness (QED) is 0.820. The van der Waals surface area contributed by atoms with Crippen LogP contribution in [0.2, 0.25) is 0 Å². The van der Waals surface area contributed by atoms with Crippen LogP contribution in [0.4, 0.5) is 11.8 Å². The molecule has 0 aliphatic carbocycles. The molecule has 0 amide bonds. The van der Waals surface area contributed by atoms with Crippen molar-refractivity contribution in [2.24, 2.45) is 0 Å². The molecule has 0 bridgehead atoms. The van der Waals surface area contributed by atoms with Crippen molar-refractivity contribution >= 4 is 17.7 Å². The zero-order chi connectivity index (χ0) is 19.4. The van der Waals surface area contributed by atoms with E-state index in [0.717, 1.165) is 5.69 Å². The molecule has 1 aliphatic rings. The Hall–Kier alpha value is -2.74. The van der Waals surface area contributed by atoms with Gasteiger partial charge in [-0.15, -0.1) is 0 Å². The van der Waals surface area contributed by atoms with Gasteiger partial charge in [0.25, 0.3) is 0 Å². The van der Waals surface area contributed by atoms with Crippen molar-refractivity contribution in [3.8, 4) is 0 Å². The van der Waals surface area contributed by atoms with Crippen LogP contribution >= 0.6 is 0 Å². The molecule has 1 fully saturated rings. The van der Waals surface area contributed by atoms with Crippen molar-refractivity contribution in [1.82, 2.24) is 15.0 Å². The monoisotopic (exact) mass is 371 g/mol. The number of carbonyl (C=O) groups is 1. The molecule has 0 saturated carbocycles. The highest BCUT2D eigenvalue weighted by atomic mass is 16.5. The Morgan fingerprint density at radius 3 is 2.67 bits per heavy atom. The van der Waals surface area contributed by atoms with Crippen molar-refractivity contribution < 1.29 is 14.6 Å². The Balaban J connectivity index is 1.95. The fraction of sp³-hybridized carbons (Fsp3) is 0.474. The minimum Gasteiger partial charge on any atom is -0.481 e. The fourth-order valence-electron chi connectivity index (χ4n) is 2.93. The summed E-state index contributed by atoms with van der Waals surface area (Å²) in [5, 5.41) is 9.67. The lowest BCUT2D eigenvalue weighted by molar-refractivity contribution is -0.142. The summed E-state index contributed by atoms with van der Waals surface area (Å²) >= 11 is 0. The van der Waals surface area contributed by atoms with E-state index >= 15 is 0 Å². The molecule has 0 unspecified atom stereocenters. The zero-order valence-corrected chi connectivity index (χ0v) is 15.9. The van der Waals surface area contributed by atoms with Crippen molar-refractivity contribution in [3.05, 3.63) is 41.9 Å². The van der Waals surface area contributed by atoms with Gasteiger partial charge in [-0.05, 0) is 26.0 Å². The molecule has 1 saturated heterocycles. The zero-order valence-electron chi connectivity index (χ0n) is 15.9. The number of pyridine rings is 1. The van der Waals surface area contributed by atoms with Gasteiger partial charge in [-0.3, -0.25) is 9.78 Å². The van der Waals surface area contributed by atoms with Crippen molar-refractivity contribution in [1.29, 1.82) is 0 Å². The Kier molecular flexibility index (Phi) is 5.55. The third-order valence-electron chi connectivity index (χ3n) is 4.74. The molecule has 8 nitrogen and oxygen atoms in total. The third-order valence-corrected chi connectivity index (χ3v) is 4.74. The van der Waals surface area contributed by atoms with Crippen molar-refractivity contribution in [3.63, 3.8) is 0 Å². The maximum Gasteiger partial charge on any atom is 0.313 e. The van der Waals surface area contributed by atoms with E-state index in [2.05, 4.69) is 14.9 Å². The van der Waals surface area contributed by atoms with E-state index in [1.165, 1.54) is 0 Å². The number of carboxylic acid groups (broad SMARTS) is 1. The van der Waals surface area contributed by atoms with E-state index in [0.29, 0.717) is 50.2 Å². The van der Waals surface area contributed by atoms with Crippen LogP contribution in [0, 0.1) is 0 Å². The standard InChI is InChI=1S/C19H25N5O3/c1-19(2,17(25)26)15-12-21-18(22-16(15)24-8-10-27-11-9-24)23(3)13-14-6-4-5-7-20-14/h4-7,12H,8-11,13H2,1-3H3,(H,25,26). The van der Waals surface area contributed by atoms with Crippen LogP contribution in [0.1, 0.15) is 25.1 Å². The summed E-state index contributed by atoms with van der Waals surface area (Å²) < 4.78 is 5.43. The molecule has 2 aromatic rings. The van der Waals surface area contributed by atoms with E-state index in [1.807, 2.05) is 30.1 Å². The van der Waals surface area contributed by atoms with E-state index in [-0.39, 0.29) is 0 Å². The molecule has 8 heteroatoms. The Labute approximate surface area is 158 Å². The number of carboxylic acids is 1. The number of aromatic nitrogens is 3. The number of anilines is 2. The van der Waals surface area contributed by atoms with Crippen LogP contribution < -0.4 is 9.80 Å². The lowest BCUT2D eigenvalue weighted by Crippen LogP contribution is -2.40. The molecule has 2 aromatic heterocycles. The summed E-state index contributed by atoms with van der Waals surface area (Å²) in [5.74, 6) is 0.283. The smallest absolute Gasteiger partial charge is 0.313 e. The SMILES string of the molecule is CN(Cc1ccccn1)c1ncc(C(C)(C)C(=O)O)c(N2CCOCC2)n1. The summed E-state index contributed by atoms with van der Waals surface area (Å²) in [5.41, 5.74) is 0.421. The molecule has 0 radical (unpaired) electrons. The predicted octanol–water partition coefficient (Wildman–Crippen LogP) is 1.71. The molecule has 1 N–H and O–H groups in total. The summed E-state index contributed by atoms with van der Waals surface area (Å²) in [6.45, 7) is 6.44. The van der Waals surface area contributed by atoms with Crippen LogP contribution in [0.5, 0.6) is 0 Å². The first-order valence-electron chi connectivity index (χ1n) is 8.94. The van der Waals surface area contributed by atoms with Gasteiger partial charge >= 0.3 is 5.97 Å². The minimum absolute atomic E-state index is 0.534.